The minimum Gasteiger partial charge on any atom is -0.422 e. The number of hydrogen-bond acceptors (Lipinski definition) is 8. The number of carbonyl (C=O) groups excluding carboxylic acids is 1. The summed E-state index contributed by atoms with van der Waals surface area (Å²) in [5.74, 6) is 1.98. The molecule has 0 spiro atoms. The number of aromatic nitrogens is 3. The quantitative estimate of drug-likeness (QED) is 0.311. The Morgan fingerprint density at radius 1 is 0.968 bits per heavy atom. The van der Waals surface area contributed by atoms with E-state index in [4.69, 9.17) is 4.42 Å². The first-order valence-electron chi connectivity index (χ1n) is 9.67. The van der Waals surface area contributed by atoms with Gasteiger partial charge in [-0.1, -0.05) is 24.3 Å². The van der Waals surface area contributed by atoms with E-state index in [1.807, 2.05) is 24.3 Å². The summed E-state index contributed by atoms with van der Waals surface area (Å²) in [5.41, 5.74) is -0.251. The smallest absolute Gasteiger partial charge is 0.349 e. The summed E-state index contributed by atoms with van der Waals surface area (Å²) < 4.78 is 5.20. The van der Waals surface area contributed by atoms with Crippen LogP contribution in [-0.4, -0.2) is 33.9 Å². The molecule has 0 unspecified atom stereocenters. The van der Waals surface area contributed by atoms with Gasteiger partial charge in [0, 0.05) is 30.7 Å². The van der Waals surface area contributed by atoms with Gasteiger partial charge in [-0.3, -0.25) is 4.79 Å². The average Bonchev–Trinajstić information content (AvgIpc) is 2.76. The van der Waals surface area contributed by atoms with E-state index >= 15 is 0 Å². The first-order chi connectivity index (χ1) is 15.1. The highest BCUT2D eigenvalue weighted by molar-refractivity contribution is 5.96. The lowest BCUT2D eigenvalue weighted by molar-refractivity contribution is 0.0951. The number of anilines is 3. The minimum absolute atomic E-state index is 0.0292. The molecule has 0 fully saturated rings. The van der Waals surface area contributed by atoms with E-state index in [0.717, 1.165) is 0 Å². The van der Waals surface area contributed by atoms with Crippen LogP contribution in [0.15, 0.2) is 70.0 Å². The highest BCUT2D eigenvalue weighted by Crippen LogP contribution is 2.15. The van der Waals surface area contributed by atoms with E-state index < -0.39 is 11.5 Å². The van der Waals surface area contributed by atoms with Gasteiger partial charge in [-0.2, -0.15) is 0 Å². The number of aryl methyl sites for hydroxylation is 1. The van der Waals surface area contributed by atoms with Crippen molar-refractivity contribution in [2.45, 2.75) is 6.92 Å². The van der Waals surface area contributed by atoms with Crippen LogP contribution < -0.4 is 21.6 Å². The second-order valence-corrected chi connectivity index (χ2v) is 6.69. The maximum atomic E-state index is 12.4. The summed E-state index contributed by atoms with van der Waals surface area (Å²) in [6.45, 7) is 2.48. The molecule has 0 bridgehead atoms. The largest absolute Gasteiger partial charge is 0.422 e. The highest BCUT2D eigenvalue weighted by atomic mass is 16.4. The first kappa shape index (κ1) is 20.0. The van der Waals surface area contributed by atoms with E-state index in [1.165, 1.54) is 6.07 Å². The molecular formula is C22H20N6O3. The van der Waals surface area contributed by atoms with E-state index in [2.05, 4.69) is 30.9 Å². The summed E-state index contributed by atoms with van der Waals surface area (Å²) in [6, 6.07) is 15.9. The van der Waals surface area contributed by atoms with Gasteiger partial charge in [-0.25, -0.2) is 19.7 Å². The van der Waals surface area contributed by atoms with Crippen LogP contribution in [0.2, 0.25) is 0 Å². The Morgan fingerprint density at radius 2 is 1.77 bits per heavy atom. The van der Waals surface area contributed by atoms with Crippen molar-refractivity contribution in [3.05, 3.63) is 82.6 Å². The highest BCUT2D eigenvalue weighted by Gasteiger charge is 2.13. The fourth-order valence-corrected chi connectivity index (χ4v) is 2.97. The Morgan fingerprint density at radius 3 is 2.61 bits per heavy atom. The van der Waals surface area contributed by atoms with Crippen LogP contribution in [0.25, 0.3) is 11.0 Å². The number of para-hydroxylation sites is 1. The molecule has 0 aliphatic rings. The SMILES string of the molecule is Cc1nc(NCCNC(=O)c2cc3ccccc3oc2=O)cc(Nc2ccccn2)n1. The molecule has 3 aromatic heterocycles. The molecule has 9 nitrogen and oxygen atoms in total. The van der Waals surface area contributed by atoms with Crippen LogP contribution in [0, 0.1) is 6.92 Å². The maximum Gasteiger partial charge on any atom is 0.349 e. The van der Waals surface area contributed by atoms with Gasteiger partial charge in [-0.15, -0.1) is 0 Å². The molecule has 0 saturated carbocycles. The van der Waals surface area contributed by atoms with Crippen LogP contribution in [-0.2, 0) is 0 Å². The number of nitrogens with zero attached hydrogens (tertiary/aromatic N) is 3. The van der Waals surface area contributed by atoms with Crippen LogP contribution in [0.3, 0.4) is 0 Å². The minimum atomic E-state index is -0.666. The second-order valence-electron chi connectivity index (χ2n) is 6.69. The van der Waals surface area contributed by atoms with E-state index in [-0.39, 0.29) is 12.1 Å². The Bertz CT molecular complexity index is 1270. The standard InChI is InChI=1S/C22H20N6O3/c1-14-26-19(13-20(27-14)28-18-8-4-5-9-23-18)24-10-11-25-21(29)16-12-15-6-2-3-7-17(15)31-22(16)30/h2-9,12-13H,10-11H2,1H3,(H,25,29)(H2,23,24,26,27,28). The second kappa shape index (κ2) is 9.04. The van der Waals surface area contributed by atoms with Gasteiger partial charge in [0.05, 0.1) is 0 Å². The van der Waals surface area contributed by atoms with Crippen LogP contribution in [0.1, 0.15) is 16.2 Å². The number of pyridine rings is 1. The molecule has 1 amide bonds. The summed E-state index contributed by atoms with van der Waals surface area (Å²) in [6.07, 6.45) is 1.69. The summed E-state index contributed by atoms with van der Waals surface area (Å²) in [7, 11) is 0. The van der Waals surface area contributed by atoms with Gasteiger partial charge in [0.1, 0.15) is 34.4 Å². The lowest BCUT2D eigenvalue weighted by atomic mass is 10.2. The number of hydrogen-bond donors (Lipinski definition) is 3. The molecule has 4 rings (SSSR count). The molecule has 9 heteroatoms. The first-order valence-corrected chi connectivity index (χ1v) is 9.67. The normalized spacial score (nSPS) is 10.6. The molecule has 0 radical (unpaired) electrons. The van der Waals surface area contributed by atoms with Crippen molar-refractivity contribution in [1.82, 2.24) is 20.3 Å². The van der Waals surface area contributed by atoms with Gasteiger partial charge in [0.15, 0.2) is 0 Å². The van der Waals surface area contributed by atoms with Crippen LogP contribution in [0.4, 0.5) is 17.5 Å². The van der Waals surface area contributed by atoms with Crippen molar-refractivity contribution < 1.29 is 9.21 Å². The Kier molecular flexibility index (Phi) is 5.84. The number of rotatable bonds is 7. The molecule has 3 N–H and O–H groups in total. The van der Waals surface area contributed by atoms with Gasteiger partial charge in [-0.05, 0) is 31.2 Å². The van der Waals surface area contributed by atoms with Crippen molar-refractivity contribution in [1.29, 1.82) is 0 Å². The van der Waals surface area contributed by atoms with Crippen molar-refractivity contribution in [2.24, 2.45) is 0 Å². The van der Waals surface area contributed by atoms with Crippen molar-refractivity contribution in [3.63, 3.8) is 0 Å². The predicted molar refractivity (Wildman–Crippen MR) is 118 cm³/mol. The van der Waals surface area contributed by atoms with E-state index in [1.54, 1.807) is 37.4 Å². The third kappa shape index (κ3) is 5.02. The molecule has 1 aromatic carbocycles. The number of nitrogens with one attached hydrogen (secondary N) is 3. The predicted octanol–water partition coefficient (Wildman–Crippen LogP) is 2.87. The molecule has 0 saturated heterocycles. The lowest BCUT2D eigenvalue weighted by Crippen LogP contribution is -2.32. The fraction of sp³-hybridized carbons (Fsp3) is 0.136. The number of benzene rings is 1. The van der Waals surface area contributed by atoms with Crippen molar-refractivity contribution in [3.8, 4) is 0 Å². The van der Waals surface area contributed by atoms with Gasteiger partial charge in [0.25, 0.3) is 5.91 Å². The molecule has 0 atom stereocenters. The zero-order valence-electron chi connectivity index (χ0n) is 16.8. The summed E-state index contributed by atoms with van der Waals surface area (Å²) >= 11 is 0. The average molecular weight is 416 g/mol. The number of fused-ring (bicyclic) bond motifs is 1. The van der Waals surface area contributed by atoms with Crippen molar-refractivity contribution >= 4 is 34.3 Å². The van der Waals surface area contributed by atoms with Crippen molar-refractivity contribution in [2.75, 3.05) is 23.7 Å². The van der Waals surface area contributed by atoms with Crippen LogP contribution >= 0.6 is 0 Å². The Labute approximate surface area is 177 Å². The van der Waals surface area contributed by atoms with Crippen LogP contribution in [0.5, 0.6) is 0 Å². The molecule has 0 aliphatic heterocycles. The monoisotopic (exact) mass is 416 g/mol. The number of carbonyl (C=O) groups is 1. The lowest BCUT2D eigenvalue weighted by Gasteiger charge is -2.10. The fourth-order valence-electron chi connectivity index (χ4n) is 2.97. The van der Waals surface area contributed by atoms with E-state index in [9.17, 15) is 9.59 Å². The summed E-state index contributed by atoms with van der Waals surface area (Å²) in [4.78, 5) is 37.4. The zero-order chi connectivity index (χ0) is 21.6. The van der Waals surface area contributed by atoms with Gasteiger partial charge in [0.2, 0.25) is 0 Å². The van der Waals surface area contributed by atoms with Gasteiger partial charge < -0.3 is 20.4 Å². The third-order valence-corrected chi connectivity index (χ3v) is 4.36. The molecule has 156 valence electrons. The molecule has 0 aliphatic carbocycles. The molecule has 4 aromatic rings. The summed E-state index contributed by atoms with van der Waals surface area (Å²) in [5, 5.41) is 9.66. The van der Waals surface area contributed by atoms with Gasteiger partial charge >= 0.3 is 5.63 Å². The third-order valence-electron chi connectivity index (χ3n) is 4.36. The Hall–Kier alpha value is -4.27. The number of amides is 1. The maximum absolute atomic E-state index is 12.4. The Balaban J connectivity index is 1.35. The molecular weight excluding hydrogens is 396 g/mol. The topological polar surface area (TPSA) is 122 Å². The zero-order valence-corrected chi connectivity index (χ0v) is 16.8. The van der Waals surface area contributed by atoms with E-state index in [0.29, 0.717) is 40.8 Å². The molecule has 31 heavy (non-hydrogen) atoms. The molecule has 3 heterocycles.